The number of rotatable bonds is 9. The Hall–Kier alpha value is -3.80. The number of aryl methyl sites for hydroxylation is 2. The van der Waals surface area contributed by atoms with Gasteiger partial charge in [-0.2, -0.15) is 0 Å². The normalized spacial score (nSPS) is 10.8. The molecule has 1 heterocycles. The quantitative estimate of drug-likeness (QED) is 0.390. The standard InChI is InChI=1S/C26H27N3O3/c1-19-9-7-10-20(17-19)26(30)27-18-25-28-21-11-3-4-12-22(21)29(25)15-8-16-32-24-14-6-5-13-23(24)31-2/h3-7,9-14,17H,8,15-16,18H2,1-2H3,(H,27,30). The molecule has 0 aliphatic heterocycles. The van der Waals surface area contributed by atoms with Crippen molar-refractivity contribution in [1.82, 2.24) is 14.9 Å². The summed E-state index contributed by atoms with van der Waals surface area (Å²) in [5, 5.41) is 3.01. The number of nitrogens with zero attached hydrogens (tertiary/aromatic N) is 2. The van der Waals surface area contributed by atoms with Gasteiger partial charge in [-0.1, -0.05) is 42.0 Å². The van der Waals surface area contributed by atoms with E-state index in [4.69, 9.17) is 14.5 Å². The molecule has 6 heteroatoms. The van der Waals surface area contributed by atoms with E-state index in [2.05, 4.69) is 16.0 Å². The van der Waals surface area contributed by atoms with Gasteiger partial charge < -0.3 is 19.4 Å². The van der Waals surface area contributed by atoms with Crippen LogP contribution in [0.25, 0.3) is 11.0 Å². The molecule has 1 aromatic heterocycles. The summed E-state index contributed by atoms with van der Waals surface area (Å²) in [6, 6.07) is 23.2. The average Bonchev–Trinajstić information content (AvgIpc) is 3.18. The maximum absolute atomic E-state index is 12.6. The second-order valence-electron chi connectivity index (χ2n) is 7.57. The highest BCUT2D eigenvalue weighted by atomic mass is 16.5. The summed E-state index contributed by atoms with van der Waals surface area (Å²) in [4.78, 5) is 17.3. The van der Waals surface area contributed by atoms with Gasteiger partial charge in [-0.25, -0.2) is 4.98 Å². The molecular weight excluding hydrogens is 402 g/mol. The minimum absolute atomic E-state index is 0.105. The lowest BCUT2D eigenvalue weighted by Gasteiger charge is -2.12. The van der Waals surface area contributed by atoms with Crippen molar-refractivity contribution in [2.45, 2.75) is 26.4 Å². The highest BCUT2D eigenvalue weighted by Crippen LogP contribution is 2.26. The Labute approximate surface area is 187 Å². The van der Waals surface area contributed by atoms with Crippen LogP contribution < -0.4 is 14.8 Å². The maximum atomic E-state index is 12.6. The van der Waals surface area contributed by atoms with Crippen molar-refractivity contribution in [2.24, 2.45) is 0 Å². The molecule has 0 radical (unpaired) electrons. The molecule has 4 rings (SSSR count). The smallest absolute Gasteiger partial charge is 0.251 e. The van der Waals surface area contributed by atoms with Crippen LogP contribution in [0, 0.1) is 6.92 Å². The number of carbonyl (C=O) groups is 1. The minimum atomic E-state index is -0.105. The van der Waals surface area contributed by atoms with E-state index in [1.165, 1.54) is 0 Å². The lowest BCUT2D eigenvalue weighted by molar-refractivity contribution is 0.0949. The lowest BCUT2D eigenvalue weighted by Crippen LogP contribution is -2.25. The molecule has 0 spiro atoms. The summed E-state index contributed by atoms with van der Waals surface area (Å²) in [5.74, 6) is 2.17. The van der Waals surface area contributed by atoms with Gasteiger partial charge in [0.25, 0.3) is 5.91 Å². The number of hydrogen-bond acceptors (Lipinski definition) is 4. The van der Waals surface area contributed by atoms with Crippen LogP contribution in [0.1, 0.15) is 28.2 Å². The molecule has 32 heavy (non-hydrogen) atoms. The molecule has 1 amide bonds. The molecule has 0 aliphatic carbocycles. The fourth-order valence-corrected chi connectivity index (χ4v) is 3.70. The summed E-state index contributed by atoms with van der Waals surface area (Å²) in [5.41, 5.74) is 3.67. The molecule has 3 aromatic carbocycles. The third-order valence-electron chi connectivity index (χ3n) is 5.27. The van der Waals surface area contributed by atoms with Crippen molar-refractivity contribution < 1.29 is 14.3 Å². The number of aromatic nitrogens is 2. The van der Waals surface area contributed by atoms with Crippen molar-refractivity contribution in [3.63, 3.8) is 0 Å². The van der Waals surface area contributed by atoms with Crippen molar-refractivity contribution >= 4 is 16.9 Å². The molecule has 0 saturated carbocycles. The van der Waals surface area contributed by atoms with Crippen LogP contribution in [0.5, 0.6) is 11.5 Å². The van der Waals surface area contributed by atoms with Gasteiger partial charge in [0, 0.05) is 12.1 Å². The van der Waals surface area contributed by atoms with Gasteiger partial charge >= 0.3 is 0 Å². The molecule has 6 nitrogen and oxygen atoms in total. The Morgan fingerprint density at radius 1 is 1.00 bits per heavy atom. The molecule has 0 bridgehead atoms. The summed E-state index contributed by atoms with van der Waals surface area (Å²) in [7, 11) is 1.64. The highest BCUT2D eigenvalue weighted by molar-refractivity contribution is 5.94. The van der Waals surface area contributed by atoms with Crippen LogP contribution in [0.2, 0.25) is 0 Å². The number of para-hydroxylation sites is 4. The molecule has 0 fully saturated rings. The first-order chi connectivity index (χ1) is 15.7. The molecule has 0 unspecified atom stereocenters. The first kappa shape index (κ1) is 21.4. The van der Waals surface area contributed by atoms with Crippen molar-refractivity contribution in [3.05, 3.63) is 89.7 Å². The minimum Gasteiger partial charge on any atom is -0.493 e. The summed E-state index contributed by atoms with van der Waals surface area (Å²) in [6.45, 7) is 3.60. The zero-order valence-corrected chi connectivity index (χ0v) is 18.4. The van der Waals surface area contributed by atoms with Crippen molar-refractivity contribution in [1.29, 1.82) is 0 Å². The average molecular weight is 430 g/mol. The largest absolute Gasteiger partial charge is 0.493 e. The van der Waals surface area contributed by atoms with Gasteiger partial charge in [0.2, 0.25) is 0 Å². The van der Waals surface area contributed by atoms with Crippen molar-refractivity contribution in [2.75, 3.05) is 13.7 Å². The van der Waals surface area contributed by atoms with Crippen LogP contribution in [-0.4, -0.2) is 29.2 Å². The number of fused-ring (bicyclic) bond motifs is 1. The Balaban J connectivity index is 1.43. The van der Waals surface area contributed by atoms with Gasteiger partial charge in [0.15, 0.2) is 11.5 Å². The van der Waals surface area contributed by atoms with E-state index in [0.717, 1.165) is 46.9 Å². The number of ether oxygens (including phenoxy) is 2. The fourth-order valence-electron chi connectivity index (χ4n) is 3.70. The molecule has 1 N–H and O–H groups in total. The van der Waals surface area contributed by atoms with Crippen molar-refractivity contribution in [3.8, 4) is 11.5 Å². The molecular formula is C26H27N3O3. The number of nitrogens with one attached hydrogen (secondary N) is 1. The Morgan fingerprint density at radius 2 is 1.78 bits per heavy atom. The van der Waals surface area contributed by atoms with Gasteiger partial charge in [-0.3, -0.25) is 4.79 Å². The van der Waals surface area contributed by atoms with E-state index >= 15 is 0 Å². The Bertz CT molecular complexity index is 1220. The summed E-state index contributed by atoms with van der Waals surface area (Å²) < 4.78 is 13.4. The van der Waals surface area contributed by atoms with Crippen LogP contribution in [0.15, 0.2) is 72.8 Å². The van der Waals surface area contributed by atoms with Gasteiger partial charge in [0.05, 0.1) is 31.3 Å². The van der Waals surface area contributed by atoms with E-state index in [1.807, 2.05) is 73.7 Å². The second kappa shape index (κ2) is 10.0. The Morgan fingerprint density at radius 3 is 2.59 bits per heavy atom. The molecule has 0 saturated heterocycles. The van der Waals surface area contributed by atoms with E-state index in [1.54, 1.807) is 7.11 Å². The van der Waals surface area contributed by atoms with Crippen LogP contribution in [-0.2, 0) is 13.1 Å². The number of methoxy groups -OCH3 is 1. The lowest BCUT2D eigenvalue weighted by atomic mass is 10.1. The monoisotopic (exact) mass is 429 g/mol. The van der Waals surface area contributed by atoms with Gasteiger partial charge in [0.1, 0.15) is 5.82 Å². The molecule has 0 aliphatic rings. The fraction of sp³-hybridized carbons (Fsp3) is 0.231. The SMILES string of the molecule is COc1ccccc1OCCCn1c(CNC(=O)c2cccc(C)c2)nc2ccccc21. The molecule has 0 atom stereocenters. The van der Waals surface area contributed by atoms with Crippen LogP contribution in [0.4, 0.5) is 0 Å². The first-order valence-corrected chi connectivity index (χ1v) is 10.7. The first-order valence-electron chi connectivity index (χ1n) is 10.7. The van der Waals surface area contributed by atoms with E-state index in [-0.39, 0.29) is 5.91 Å². The van der Waals surface area contributed by atoms with Crippen LogP contribution in [0.3, 0.4) is 0 Å². The number of hydrogen-bond donors (Lipinski definition) is 1. The van der Waals surface area contributed by atoms with Crippen LogP contribution >= 0.6 is 0 Å². The van der Waals surface area contributed by atoms with E-state index in [0.29, 0.717) is 18.7 Å². The highest BCUT2D eigenvalue weighted by Gasteiger charge is 2.13. The number of carbonyl (C=O) groups excluding carboxylic acids is 1. The second-order valence-corrected chi connectivity index (χ2v) is 7.57. The zero-order chi connectivity index (χ0) is 22.3. The Kier molecular flexibility index (Phi) is 6.70. The van der Waals surface area contributed by atoms with E-state index < -0.39 is 0 Å². The predicted molar refractivity (Wildman–Crippen MR) is 125 cm³/mol. The number of benzene rings is 3. The van der Waals surface area contributed by atoms with Gasteiger partial charge in [-0.05, 0) is 49.7 Å². The number of imidazole rings is 1. The topological polar surface area (TPSA) is 65.4 Å². The third-order valence-corrected chi connectivity index (χ3v) is 5.27. The third kappa shape index (κ3) is 4.91. The van der Waals surface area contributed by atoms with Gasteiger partial charge in [-0.15, -0.1) is 0 Å². The summed E-state index contributed by atoms with van der Waals surface area (Å²) >= 11 is 0. The molecule has 4 aromatic rings. The van der Waals surface area contributed by atoms with E-state index in [9.17, 15) is 4.79 Å². The summed E-state index contributed by atoms with van der Waals surface area (Å²) in [6.07, 6.45) is 0.789. The predicted octanol–water partition coefficient (Wildman–Crippen LogP) is 4.75. The maximum Gasteiger partial charge on any atom is 0.251 e. The molecule has 164 valence electrons. The number of amides is 1. The zero-order valence-electron chi connectivity index (χ0n) is 18.4.